The average Bonchev–Trinajstić information content (AvgIpc) is 2.61. The summed E-state index contributed by atoms with van der Waals surface area (Å²) in [5, 5.41) is 13.7. The number of nitrogens with zero attached hydrogens (tertiary/aromatic N) is 2. The Morgan fingerprint density at radius 2 is 2.08 bits per heavy atom. The fraction of sp³-hybridized carbons (Fsp3) is 0.105. The molecular weight excluding hydrogens is 398 g/mol. The van der Waals surface area contributed by atoms with Crippen LogP contribution in [0.4, 0.5) is 5.69 Å². The number of carbonyl (C=O) groups excluding carboxylic acids is 1. The van der Waals surface area contributed by atoms with E-state index in [0.717, 1.165) is 26.6 Å². The Bertz CT molecular complexity index is 998. The zero-order chi connectivity index (χ0) is 17.8. The molecule has 3 aromatic rings. The van der Waals surface area contributed by atoms with E-state index in [-0.39, 0.29) is 11.7 Å². The molecule has 6 heteroatoms. The molecule has 3 rings (SSSR count). The van der Waals surface area contributed by atoms with Crippen LogP contribution in [0.5, 0.6) is 0 Å². The number of carbonyl (C=O) groups is 1. The molecular formula is C19H14BrN3OS. The van der Waals surface area contributed by atoms with Crippen LogP contribution in [0.15, 0.2) is 58.0 Å². The number of rotatable bonds is 4. The van der Waals surface area contributed by atoms with Gasteiger partial charge in [-0.25, -0.2) is 4.98 Å². The van der Waals surface area contributed by atoms with Crippen LogP contribution < -0.4 is 5.32 Å². The number of para-hydroxylation sites is 2. The minimum absolute atomic E-state index is 0.146. The molecule has 0 radical (unpaired) electrons. The minimum Gasteiger partial charge on any atom is -0.324 e. The third-order valence-corrected chi connectivity index (χ3v) is 5.30. The maximum Gasteiger partial charge on any atom is 0.234 e. The van der Waals surface area contributed by atoms with Crippen LogP contribution in [-0.4, -0.2) is 16.6 Å². The lowest BCUT2D eigenvalue weighted by molar-refractivity contribution is -0.113. The Balaban J connectivity index is 1.78. The van der Waals surface area contributed by atoms with Crippen molar-refractivity contribution < 1.29 is 4.79 Å². The number of aromatic nitrogens is 1. The Morgan fingerprint density at radius 3 is 2.84 bits per heavy atom. The number of hydrogen-bond acceptors (Lipinski definition) is 4. The van der Waals surface area contributed by atoms with Gasteiger partial charge in [0.05, 0.1) is 22.5 Å². The van der Waals surface area contributed by atoms with Crippen molar-refractivity contribution in [2.75, 3.05) is 11.1 Å². The van der Waals surface area contributed by atoms with Crippen molar-refractivity contribution in [3.05, 3.63) is 64.1 Å². The van der Waals surface area contributed by atoms with Crippen molar-refractivity contribution in [3.8, 4) is 6.07 Å². The maximum atomic E-state index is 12.2. The van der Waals surface area contributed by atoms with Crippen LogP contribution in [0, 0.1) is 18.3 Å². The highest BCUT2D eigenvalue weighted by molar-refractivity contribution is 9.10. The fourth-order valence-electron chi connectivity index (χ4n) is 2.40. The summed E-state index contributed by atoms with van der Waals surface area (Å²) in [5.41, 5.74) is 3.10. The summed E-state index contributed by atoms with van der Waals surface area (Å²) in [5.74, 6) is 0.0351. The van der Waals surface area contributed by atoms with Gasteiger partial charge in [-0.3, -0.25) is 4.79 Å². The molecule has 4 nitrogen and oxygen atoms in total. The van der Waals surface area contributed by atoms with E-state index in [2.05, 4.69) is 32.3 Å². The van der Waals surface area contributed by atoms with Crippen LogP contribution in [0.3, 0.4) is 0 Å². The molecule has 1 aromatic heterocycles. The average molecular weight is 412 g/mol. The van der Waals surface area contributed by atoms with Crippen molar-refractivity contribution in [1.29, 1.82) is 5.26 Å². The predicted octanol–water partition coefficient (Wildman–Crippen LogP) is 4.91. The predicted molar refractivity (Wildman–Crippen MR) is 105 cm³/mol. The highest BCUT2D eigenvalue weighted by atomic mass is 79.9. The van der Waals surface area contributed by atoms with Crippen LogP contribution in [0.2, 0.25) is 0 Å². The number of thioether (sulfide) groups is 1. The first-order valence-corrected chi connectivity index (χ1v) is 9.34. The first kappa shape index (κ1) is 17.5. The van der Waals surface area contributed by atoms with E-state index < -0.39 is 0 Å². The molecule has 0 atom stereocenters. The topological polar surface area (TPSA) is 65.8 Å². The molecule has 1 amide bonds. The summed E-state index contributed by atoms with van der Waals surface area (Å²) in [6.07, 6.45) is 0. The van der Waals surface area contributed by atoms with Gasteiger partial charge in [-0.15, -0.1) is 0 Å². The van der Waals surface area contributed by atoms with Crippen molar-refractivity contribution in [1.82, 2.24) is 4.98 Å². The molecule has 2 aromatic carbocycles. The van der Waals surface area contributed by atoms with Crippen LogP contribution in [0.25, 0.3) is 10.9 Å². The zero-order valence-corrected chi connectivity index (χ0v) is 15.8. The van der Waals surface area contributed by atoms with Gasteiger partial charge in [0.15, 0.2) is 0 Å². The molecule has 0 spiro atoms. The van der Waals surface area contributed by atoms with Gasteiger partial charge in [-0.1, -0.05) is 42.1 Å². The number of hydrogen-bond donors (Lipinski definition) is 1. The number of aryl methyl sites for hydroxylation is 1. The quantitative estimate of drug-likeness (QED) is 0.619. The number of nitriles is 1. The zero-order valence-electron chi connectivity index (χ0n) is 13.4. The standard InChI is InChI=1S/C19H14BrN3OS/c1-12-5-4-6-13-9-14(10-21)19(23-18(12)13)25-11-17(24)22-16-8-3-2-7-15(16)20/h2-9H,11H2,1H3,(H,22,24). The number of benzene rings is 2. The number of amides is 1. The summed E-state index contributed by atoms with van der Waals surface area (Å²) in [6, 6.07) is 17.3. The number of nitrogens with one attached hydrogen (secondary N) is 1. The Morgan fingerprint density at radius 1 is 1.28 bits per heavy atom. The molecule has 0 aliphatic heterocycles. The van der Waals surface area contributed by atoms with Gasteiger partial charge in [-0.2, -0.15) is 5.26 Å². The second-order valence-electron chi connectivity index (χ2n) is 5.42. The van der Waals surface area contributed by atoms with E-state index in [9.17, 15) is 10.1 Å². The van der Waals surface area contributed by atoms with Crippen molar-refractivity contribution in [2.45, 2.75) is 11.9 Å². The van der Waals surface area contributed by atoms with Gasteiger partial charge in [0.2, 0.25) is 5.91 Å². The lowest BCUT2D eigenvalue weighted by Crippen LogP contribution is -2.14. The lowest BCUT2D eigenvalue weighted by atomic mass is 10.1. The first-order valence-electron chi connectivity index (χ1n) is 7.56. The second kappa shape index (κ2) is 7.68. The molecule has 25 heavy (non-hydrogen) atoms. The van der Waals surface area contributed by atoms with Crippen LogP contribution >= 0.6 is 27.7 Å². The molecule has 0 unspecified atom stereocenters. The van der Waals surface area contributed by atoms with E-state index in [4.69, 9.17) is 0 Å². The van der Waals surface area contributed by atoms with Gasteiger partial charge in [0, 0.05) is 9.86 Å². The van der Waals surface area contributed by atoms with Crippen molar-refractivity contribution in [3.63, 3.8) is 0 Å². The smallest absolute Gasteiger partial charge is 0.234 e. The third kappa shape index (κ3) is 4.01. The van der Waals surface area contributed by atoms with Crippen molar-refractivity contribution >= 4 is 50.2 Å². The normalized spacial score (nSPS) is 10.4. The molecule has 0 saturated heterocycles. The molecule has 0 fully saturated rings. The van der Waals surface area contributed by atoms with E-state index in [1.807, 2.05) is 55.5 Å². The number of pyridine rings is 1. The van der Waals surface area contributed by atoms with E-state index >= 15 is 0 Å². The number of fused-ring (bicyclic) bond motifs is 1. The SMILES string of the molecule is Cc1cccc2cc(C#N)c(SCC(=O)Nc3ccccc3Br)nc12. The van der Waals surface area contributed by atoms with Gasteiger partial charge in [-0.05, 0) is 46.6 Å². The summed E-state index contributed by atoms with van der Waals surface area (Å²) >= 11 is 4.67. The molecule has 124 valence electrons. The number of anilines is 1. The molecule has 0 aliphatic rings. The minimum atomic E-state index is -0.146. The molecule has 1 heterocycles. The Kier molecular flexibility index (Phi) is 5.37. The summed E-state index contributed by atoms with van der Waals surface area (Å²) < 4.78 is 0.825. The largest absolute Gasteiger partial charge is 0.324 e. The summed E-state index contributed by atoms with van der Waals surface area (Å²) in [6.45, 7) is 1.98. The molecule has 0 saturated carbocycles. The maximum absolute atomic E-state index is 12.2. The Labute approximate surface area is 158 Å². The van der Waals surface area contributed by atoms with E-state index in [1.54, 1.807) is 0 Å². The summed E-state index contributed by atoms with van der Waals surface area (Å²) in [4.78, 5) is 16.8. The Hall–Kier alpha value is -2.36. The lowest BCUT2D eigenvalue weighted by Gasteiger charge is -2.09. The molecule has 1 N–H and O–H groups in total. The first-order chi connectivity index (χ1) is 12.1. The second-order valence-corrected chi connectivity index (χ2v) is 7.23. The van der Waals surface area contributed by atoms with Gasteiger partial charge >= 0.3 is 0 Å². The van der Waals surface area contributed by atoms with Gasteiger partial charge in [0.25, 0.3) is 0 Å². The van der Waals surface area contributed by atoms with Gasteiger partial charge in [0.1, 0.15) is 11.1 Å². The van der Waals surface area contributed by atoms with Crippen LogP contribution in [0.1, 0.15) is 11.1 Å². The molecule has 0 bridgehead atoms. The van der Waals surface area contributed by atoms with Crippen molar-refractivity contribution in [2.24, 2.45) is 0 Å². The monoisotopic (exact) mass is 411 g/mol. The van der Waals surface area contributed by atoms with E-state index in [1.165, 1.54) is 11.8 Å². The fourth-order valence-corrected chi connectivity index (χ4v) is 3.54. The highest BCUT2D eigenvalue weighted by Crippen LogP contribution is 2.27. The molecule has 0 aliphatic carbocycles. The van der Waals surface area contributed by atoms with Gasteiger partial charge < -0.3 is 5.32 Å². The summed E-state index contributed by atoms with van der Waals surface area (Å²) in [7, 11) is 0. The highest BCUT2D eigenvalue weighted by Gasteiger charge is 2.12. The number of halogens is 1. The third-order valence-electron chi connectivity index (χ3n) is 3.62. The van der Waals surface area contributed by atoms with E-state index in [0.29, 0.717) is 10.6 Å². The van der Waals surface area contributed by atoms with Crippen LogP contribution in [-0.2, 0) is 4.79 Å².